The molecule has 5 heteroatoms. The Morgan fingerprint density at radius 1 is 1.53 bits per heavy atom. The summed E-state index contributed by atoms with van der Waals surface area (Å²) in [5.41, 5.74) is 7.83. The summed E-state index contributed by atoms with van der Waals surface area (Å²) < 4.78 is 10.7. The number of nitrogens with two attached hydrogens (primary N) is 1. The number of nitrogens with zero attached hydrogens (tertiary/aromatic N) is 1. The average molecular weight is 237 g/mol. The number of nitrogens with one attached hydrogen (secondary N) is 1. The summed E-state index contributed by atoms with van der Waals surface area (Å²) in [5, 5.41) is 7.56. The Bertz CT molecular complexity index is 418. The molecule has 1 aromatic heterocycles. The number of pyridine rings is 1. The van der Waals surface area contributed by atoms with Crippen LogP contribution in [0.1, 0.15) is 23.7 Å². The van der Waals surface area contributed by atoms with Crippen LogP contribution in [-0.4, -0.2) is 30.6 Å². The van der Waals surface area contributed by atoms with Gasteiger partial charge < -0.3 is 15.2 Å². The fourth-order valence-electron chi connectivity index (χ4n) is 1.67. The van der Waals surface area contributed by atoms with Crippen LogP contribution >= 0.6 is 0 Å². The van der Waals surface area contributed by atoms with E-state index in [1.54, 1.807) is 7.11 Å². The molecule has 3 N–H and O–H groups in total. The minimum absolute atomic E-state index is 0.0328. The molecule has 0 saturated heterocycles. The van der Waals surface area contributed by atoms with Gasteiger partial charge >= 0.3 is 0 Å². The van der Waals surface area contributed by atoms with Crippen LogP contribution in [0.5, 0.6) is 5.88 Å². The molecule has 0 aliphatic heterocycles. The van der Waals surface area contributed by atoms with Gasteiger partial charge in [0, 0.05) is 12.8 Å². The molecule has 1 atom stereocenters. The van der Waals surface area contributed by atoms with Gasteiger partial charge in [0.2, 0.25) is 5.88 Å². The van der Waals surface area contributed by atoms with Gasteiger partial charge in [-0.3, -0.25) is 5.41 Å². The molecule has 0 aromatic carbocycles. The first-order valence-corrected chi connectivity index (χ1v) is 5.44. The fourth-order valence-corrected chi connectivity index (χ4v) is 1.67. The van der Waals surface area contributed by atoms with Gasteiger partial charge in [-0.1, -0.05) is 0 Å². The van der Waals surface area contributed by atoms with Gasteiger partial charge in [0.1, 0.15) is 11.9 Å². The summed E-state index contributed by atoms with van der Waals surface area (Å²) >= 11 is 0. The maximum Gasteiger partial charge on any atom is 0.225 e. The van der Waals surface area contributed by atoms with Crippen LogP contribution < -0.4 is 10.5 Å². The number of methoxy groups -OCH3 is 1. The SMILES string of the molecule is COCC(C)Oc1nc(C)cc(C)c1C(=N)N. The third kappa shape index (κ3) is 3.42. The van der Waals surface area contributed by atoms with E-state index < -0.39 is 0 Å². The first-order chi connectivity index (χ1) is 7.95. The lowest BCUT2D eigenvalue weighted by atomic mass is 10.1. The number of amidine groups is 1. The maximum absolute atomic E-state index is 7.56. The molecule has 0 radical (unpaired) electrons. The molecule has 1 aromatic rings. The molecule has 0 aliphatic carbocycles. The van der Waals surface area contributed by atoms with Crippen LogP contribution in [0, 0.1) is 19.3 Å². The van der Waals surface area contributed by atoms with Gasteiger partial charge in [-0.05, 0) is 32.4 Å². The van der Waals surface area contributed by atoms with Gasteiger partial charge in [-0.2, -0.15) is 0 Å². The fraction of sp³-hybridized carbons (Fsp3) is 0.500. The van der Waals surface area contributed by atoms with Crippen molar-refractivity contribution in [3.63, 3.8) is 0 Å². The smallest absolute Gasteiger partial charge is 0.225 e. The molecule has 1 unspecified atom stereocenters. The van der Waals surface area contributed by atoms with Crippen LogP contribution in [-0.2, 0) is 4.74 Å². The summed E-state index contributed by atoms with van der Waals surface area (Å²) in [7, 11) is 1.61. The number of ether oxygens (including phenoxy) is 2. The van der Waals surface area contributed by atoms with Gasteiger partial charge in [-0.15, -0.1) is 0 Å². The average Bonchev–Trinajstić information content (AvgIpc) is 2.15. The first-order valence-electron chi connectivity index (χ1n) is 5.44. The summed E-state index contributed by atoms with van der Waals surface area (Å²) in [6, 6.07) is 1.88. The van der Waals surface area contributed by atoms with E-state index in [0.29, 0.717) is 18.1 Å². The van der Waals surface area contributed by atoms with Crippen molar-refractivity contribution in [2.75, 3.05) is 13.7 Å². The highest BCUT2D eigenvalue weighted by Crippen LogP contribution is 2.21. The summed E-state index contributed by atoms with van der Waals surface area (Å²) in [6.07, 6.45) is -0.133. The van der Waals surface area contributed by atoms with E-state index in [9.17, 15) is 0 Å². The predicted octanol–water partition coefficient (Wildman–Crippen LogP) is 1.40. The molecule has 0 spiro atoms. The van der Waals surface area contributed by atoms with Crippen molar-refractivity contribution in [2.24, 2.45) is 5.73 Å². The summed E-state index contributed by atoms with van der Waals surface area (Å²) in [5.74, 6) is 0.370. The minimum Gasteiger partial charge on any atom is -0.472 e. The Hall–Kier alpha value is -1.62. The number of hydrogen-bond acceptors (Lipinski definition) is 4. The number of rotatable bonds is 5. The van der Waals surface area contributed by atoms with E-state index in [1.807, 2.05) is 26.8 Å². The molecule has 0 amide bonds. The van der Waals surface area contributed by atoms with Gasteiger partial charge in [0.15, 0.2) is 0 Å². The largest absolute Gasteiger partial charge is 0.472 e. The van der Waals surface area contributed by atoms with E-state index in [1.165, 1.54) is 0 Å². The van der Waals surface area contributed by atoms with E-state index in [2.05, 4.69) is 4.98 Å². The number of nitrogen functional groups attached to an aromatic ring is 1. The monoisotopic (exact) mass is 237 g/mol. The topological polar surface area (TPSA) is 81.2 Å². The molecule has 5 nitrogen and oxygen atoms in total. The molecule has 0 aliphatic rings. The lowest BCUT2D eigenvalue weighted by Gasteiger charge is -2.17. The van der Waals surface area contributed by atoms with Crippen molar-refractivity contribution >= 4 is 5.84 Å². The molecule has 1 rings (SSSR count). The summed E-state index contributed by atoms with van der Waals surface area (Å²) in [6.45, 7) is 6.11. The quantitative estimate of drug-likeness (QED) is 0.599. The van der Waals surface area contributed by atoms with Gasteiger partial charge in [0.25, 0.3) is 0 Å². The molecule has 0 saturated carbocycles. The highest BCUT2D eigenvalue weighted by Gasteiger charge is 2.15. The van der Waals surface area contributed by atoms with Crippen LogP contribution in [0.4, 0.5) is 0 Å². The van der Waals surface area contributed by atoms with Crippen molar-refractivity contribution in [3.8, 4) is 5.88 Å². The predicted molar refractivity (Wildman–Crippen MR) is 66.7 cm³/mol. The number of aromatic nitrogens is 1. The minimum atomic E-state index is -0.133. The number of aryl methyl sites for hydroxylation is 2. The highest BCUT2D eigenvalue weighted by molar-refractivity contribution is 5.98. The highest BCUT2D eigenvalue weighted by atomic mass is 16.5. The van der Waals surface area contributed by atoms with Crippen molar-refractivity contribution in [1.82, 2.24) is 4.98 Å². The second kappa shape index (κ2) is 5.63. The maximum atomic E-state index is 7.56. The Morgan fingerprint density at radius 3 is 2.71 bits per heavy atom. The van der Waals surface area contributed by atoms with E-state index in [4.69, 9.17) is 20.6 Å². The van der Waals surface area contributed by atoms with Crippen molar-refractivity contribution in [1.29, 1.82) is 5.41 Å². The van der Waals surface area contributed by atoms with E-state index in [-0.39, 0.29) is 11.9 Å². The zero-order chi connectivity index (χ0) is 13.0. The molecular formula is C12H19N3O2. The Balaban J connectivity index is 3.08. The lowest BCUT2D eigenvalue weighted by Crippen LogP contribution is -2.22. The van der Waals surface area contributed by atoms with Crippen molar-refractivity contribution < 1.29 is 9.47 Å². The standard InChI is InChI=1S/C12H19N3O2/c1-7-5-8(2)15-12(10(7)11(13)14)17-9(3)6-16-4/h5,9H,6H2,1-4H3,(H3,13,14). The van der Waals surface area contributed by atoms with E-state index in [0.717, 1.165) is 11.3 Å². The van der Waals surface area contributed by atoms with Gasteiger partial charge in [0.05, 0.1) is 12.2 Å². The zero-order valence-electron chi connectivity index (χ0n) is 10.7. The Morgan fingerprint density at radius 2 is 2.18 bits per heavy atom. The Labute approximate surface area is 101 Å². The van der Waals surface area contributed by atoms with Crippen LogP contribution in [0.2, 0.25) is 0 Å². The molecule has 0 bridgehead atoms. The second-order valence-electron chi connectivity index (χ2n) is 4.06. The molecule has 94 valence electrons. The second-order valence-corrected chi connectivity index (χ2v) is 4.06. The molecule has 17 heavy (non-hydrogen) atoms. The molecule has 0 fully saturated rings. The number of hydrogen-bond donors (Lipinski definition) is 2. The Kier molecular flexibility index (Phi) is 4.45. The third-order valence-corrected chi connectivity index (χ3v) is 2.30. The van der Waals surface area contributed by atoms with E-state index >= 15 is 0 Å². The lowest BCUT2D eigenvalue weighted by molar-refractivity contribution is 0.0887. The third-order valence-electron chi connectivity index (χ3n) is 2.30. The first kappa shape index (κ1) is 13.4. The van der Waals surface area contributed by atoms with Crippen molar-refractivity contribution in [2.45, 2.75) is 26.9 Å². The molecular weight excluding hydrogens is 218 g/mol. The van der Waals surface area contributed by atoms with Gasteiger partial charge in [-0.25, -0.2) is 4.98 Å². The van der Waals surface area contributed by atoms with Crippen LogP contribution in [0.15, 0.2) is 6.07 Å². The summed E-state index contributed by atoms with van der Waals surface area (Å²) in [4.78, 5) is 4.28. The van der Waals surface area contributed by atoms with Crippen LogP contribution in [0.3, 0.4) is 0 Å². The molecule has 1 heterocycles. The van der Waals surface area contributed by atoms with Crippen LogP contribution in [0.25, 0.3) is 0 Å². The normalized spacial score (nSPS) is 12.2. The van der Waals surface area contributed by atoms with Crippen molar-refractivity contribution in [3.05, 3.63) is 22.9 Å². The zero-order valence-corrected chi connectivity index (χ0v) is 10.7.